The van der Waals surface area contributed by atoms with Crippen LogP contribution in [0.25, 0.3) is 0 Å². The molecule has 0 N–H and O–H groups in total. The van der Waals surface area contributed by atoms with Crippen molar-refractivity contribution in [2.75, 3.05) is 13.1 Å². The molecule has 0 fully saturated rings. The van der Waals surface area contributed by atoms with Crippen LogP contribution >= 0.6 is 0 Å². The van der Waals surface area contributed by atoms with Gasteiger partial charge in [-0.25, -0.2) is 0 Å². The van der Waals surface area contributed by atoms with Gasteiger partial charge in [-0.1, -0.05) is 77.0 Å². The summed E-state index contributed by atoms with van der Waals surface area (Å²) in [6.07, 6.45) is 18.8. The van der Waals surface area contributed by atoms with E-state index >= 15 is 0 Å². The monoisotopic (exact) mass is 280 g/mol. The van der Waals surface area contributed by atoms with Crippen LogP contribution in [0, 0.1) is 0 Å². The molecule has 1 rings (SSSR count). The lowest BCUT2D eigenvalue weighted by Crippen LogP contribution is -1.85. The molecule has 0 aromatic carbocycles. The zero-order valence-corrected chi connectivity index (χ0v) is 13.1. The Hall–Kier alpha value is -0.800. The van der Waals surface area contributed by atoms with Gasteiger partial charge in [-0.2, -0.15) is 10.2 Å². The van der Waals surface area contributed by atoms with Gasteiger partial charge in [0.2, 0.25) is 0 Å². The Morgan fingerprint density at radius 2 is 0.550 bits per heavy atom. The molecular formula is C16H32N4. The summed E-state index contributed by atoms with van der Waals surface area (Å²) in [4.78, 5) is 0. The van der Waals surface area contributed by atoms with Crippen LogP contribution in [0.2, 0.25) is 0 Å². The molecule has 0 bridgehead atoms. The van der Waals surface area contributed by atoms with Crippen molar-refractivity contribution in [2.45, 2.75) is 89.9 Å². The summed E-state index contributed by atoms with van der Waals surface area (Å²) >= 11 is 0. The molecular weight excluding hydrogens is 248 g/mol. The summed E-state index contributed by atoms with van der Waals surface area (Å²) in [6.45, 7) is 1.61. The highest BCUT2D eigenvalue weighted by Crippen LogP contribution is 2.13. The second-order valence-electron chi connectivity index (χ2n) is 5.86. The molecule has 4 nitrogen and oxygen atoms in total. The van der Waals surface area contributed by atoms with Gasteiger partial charge in [-0.15, -0.1) is 0 Å². The number of nitrogens with zero attached hydrogens (tertiary/aromatic N) is 4. The Balaban J connectivity index is 2.12. The maximum Gasteiger partial charge on any atom is 0.0621 e. The minimum Gasteiger partial charge on any atom is -0.167 e. The number of rotatable bonds is 0. The molecule has 116 valence electrons. The lowest BCUT2D eigenvalue weighted by molar-refractivity contribution is 0.531. The van der Waals surface area contributed by atoms with Crippen LogP contribution < -0.4 is 0 Å². The smallest absolute Gasteiger partial charge is 0.0621 e. The van der Waals surface area contributed by atoms with Gasteiger partial charge in [0.1, 0.15) is 0 Å². The van der Waals surface area contributed by atoms with Crippen molar-refractivity contribution in [2.24, 2.45) is 20.7 Å². The molecule has 0 aromatic heterocycles. The summed E-state index contributed by atoms with van der Waals surface area (Å²) in [5, 5.41) is 15.5. The third-order valence-electron chi connectivity index (χ3n) is 3.93. The zero-order valence-electron chi connectivity index (χ0n) is 13.1. The van der Waals surface area contributed by atoms with E-state index in [2.05, 4.69) is 20.7 Å². The fraction of sp³-hybridized carbons (Fsp3) is 1.00. The van der Waals surface area contributed by atoms with Gasteiger partial charge >= 0.3 is 0 Å². The first-order valence-electron chi connectivity index (χ1n) is 8.73. The molecule has 1 heterocycles. The Kier molecular flexibility index (Phi) is 12.6. The lowest BCUT2D eigenvalue weighted by atomic mass is 10.0. The molecule has 0 amide bonds. The maximum absolute atomic E-state index is 4.03. The van der Waals surface area contributed by atoms with Gasteiger partial charge < -0.3 is 0 Å². The van der Waals surface area contributed by atoms with Crippen molar-refractivity contribution >= 4 is 0 Å². The van der Waals surface area contributed by atoms with Crippen molar-refractivity contribution in [1.82, 2.24) is 0 Å². The molecule has 4 heteroatoms. The van der Waals surface area contributed by atoms with Crippen molar-refractivity contribution in [3.8, 4) is 0 Å². The van der Waals surface area contributed by atoms with Crippen LogP contribution in [0.1, 0.15) is 89.9 Å². The van der Waals surface area contributed by atoms with Gasteiger partial charge in [0.05, 0.1) is 13.1 Å². The summed E-state index contributed by atoms with van der Waals surface area (Å²) in [6, 6.07) is 0. The number of hydrogen-bond acceptors (Lipinski definition) is 4. The Morgan fingerprint density at radius 1 is 0.300 bits per heavy atom. The van der Waals surface area contributed by atoms with Crippen LogP contribution in [0.3, 0.4) is 0 Å². The quantitative estimate of drug-likeness (QED) is 0.501. The fourth-order valence-corrected chi connectivity index (χ4v) is 2.63. The van der Waals surface area contributed by atoms with E-state index in [4.69, 9.17) is 0 Å². The molecule has 0 saturated carbocycles. The summed E-state index contributed by atoms with van der Waals surface area (Å²) in [7, 11) is 0. The SMILES string of the molecule is C1CCCCCCCC/N=N/N=N/CCCCCCC1. The topological polar surface area (TPSA) is 49.4 Å². The number of hydrogen-bond donors (Lipinski definition) is 0. The Bertz CT molecular complexity index is 225. The van der Waals surface area contributed by atoms with E-state index in [0.717, 1.165) is 25.9 Å². The molecule has 20 heavy (non-hydrogen) atoms. The first-order chi connectivity index (χ1) is 10.0. The van der Waals surface area contributed by atoms with Crippen LogP contribution in [-0.2, 0) is 0 Å². The van der Waals surface area contributed by atoms with E-state index in [9.17, 15) is 0 Å². The first-order valence-corrected chi connectivity index (χ1v) is 8.73. The van der Waals surface area contributed by atoms with Gasteiger partial charge in [0, 0.05) is 0 Å². The fourth-order valence-electron chi connectivity index (χ4n) is 2.63. The average molecular weight is 280 g/mol. The highest BCUT2D eigenvalue weighted by Gasteiger charge is 1.94. The van der Waals surface area contributed by atoms with Crippen molar-refractivity contribution < 1.29 is 0 Å². The van der Waals surface area contributed by atoms with Crippen LogP contribution in [0.15, 0.2) is 20.7 Å². The Labute approximate surface area is 124 Å². The largest absolute Gasteiger partial charge is 0.167 e. The predicted octanol–water partition coefficient (Wildman–Crippen LogP) is 6.28. The third kappa shape index (κ3) is 12.2. The molecule has 1 aliphatic heterocycles. The lowest BCUT2D eigenvalue weighted by Gasteiger charge is -2.03. The second kappa shape index (κ2) is 14.6. The highest BCUT2D eigenvalue weighted by molar-refractivity contribution is 4.51. The average Bonchev–Trinajstić information content (AvgIpc) is 2.46. The van der Waals surface area contributed by atoms with E-state index < -0.39 is 0 Å². The van der Waals surface area contributed by atoms with E-state index in [-0.39, 0.29) is 0 Å². The first kappa shape index (κ1) is 17.3. The molecule has 0 aliphatic carbocycles. The second-order valence-corrected chi connectivity index (χ2v) is 5.86. The minimum atomic E-state index is 0.805. The summed E-state index contributed by atoms with van der Waals surface area (Å²) in [5.74, 6) is 0. The van der Waals surface area contributed by atoms with Crippen LogP contribution in [-0.4, -0.2) is 13.1 Å². The minimum absolute atomic E-state index is 0.805. The molecule has 0 radical (unpaired) electrons. The van der Waals surface area contributed by atoms with E-state index in [1.807, 2.05) is 0 Å². The molecule has 0 unspecified atom stereocenters. The highest BCUT2D eigenvalue weighted by atomic mass is 15.5. The molecule has 0 saturated heterocycles. The van der Waals surface area contributed by atoms with Gasteiger partial charge in [0.25, 0.3) is 0 Å². The maximum atomic E-state index is 4.03. The molecule has 0 aromatic rings. The van der Waals surface area contributed by atoms with E-state index in [1.165, 1.54) is 77.0 Å². The molecule has 0 spiro atoms. The van der Waals surface area contributed by atoms with Gasteiger partial charge in [0.15, 0.2) is 0 Å². The molecule has 1 aliphatic rings. The van der Waals surface area contributed by atoms with Crippen LogP contribution in [0.4, 0.5) is 0 Å². The summed E-state index contributed by atoms with van der Waals surface area (Å²) < 4.78 is 0. The van der Waals surface area contributed by atoms with Crippen molar-refractivity contribution in [1.29, 1.82) is 0 Å². The predicted molar refractivity (Wildman–Crippen MR) is 84.1 cm³/mol. The van der Waals surface area contributed by atoms with E-state index in [0.29, 0.717) is 0 Å². The van der Waals surface area contributed by atoms with E-state index in [1.54, 1.807) is 0 Å². The standard InChI is InChI=1S/C16H32N4/c1-2-4-6-8-10-12-14-16-18-20-19-17-15-13-11-9-7-5-3-1/h1-16H2/b19-17+,20-18+. The van der Waals surface area contributed by atoms with Crippen molar-refractivity contribution in [3.63, 3.8) is 0 Å². The van der Waals surface area contributed by atoms with Crippen LogP contribution in [0.5, 0.6) is 0 Å². The Morgan fingerprint density at radius 3 is 0.850 bits per heavy atom. The third-order valence-corrected chi connectivity index (χ3v) is 3.93. The van der Waals surface area contributed by atoms with Crippen molar-refractivity contribution in [3.05, 3.63) is 0 Å². The zero-order chi connectivity index (χ0) is 14.1. The summed E-state index contributed by atoms with van der Waals surface area (Å²) in [5.41, 5.74) is 0. The van der Waals surface area contributed by atoms with Gasteiger partial charge in [-0.05, 0) is 23.3 Å². The molecule has 0 atom stereocenters. The van der Waals surface area contributed by atoms with Gasteiger partial charge in [-0.3, -0.25) is 0 Å². The normalized spacial score (nSPS) is 25.6.